The van der Waals surface area contributed by atoms with E-state index in [0.717, 1.165) is 50.2 Å². The van der Waals surface area contributed by atoms with Gasteiger partial charge in [0.2, 0.25) is 0 Å². The van der Waals surface area contributed by atoms with Gasteiger partial charge in [0.15, 0.2) is 0 Å². The van der Waals surface area contributed by atoms with Gasteiger partial charge in [0, 0.05) is 44.3 Å². The van der Waals surface area contributed by atoms with E-state index in [9.17, 15) is 0 Å². The number of furan rings is 1. The van der Waals surface area contributed by atoms with E-state index in [4.69, 9.17) is 4.42 Å². The summed E-state index contributed by atoms with van der Waals surface area (Å²) in [7, 11) is 0. The summed E-state index contributed by atoms with van der Waals surface area (Å²) >= 11 is 0. The first-order valence-electron chi connectivity index (χ1n) is 19.8. The maximum atomic E-state index is 6.31. The molecule has 2 aromatic heterocycles. The lowest BCUT2D eigenvalue weighted by Crippen LogP contribution is -2.31. The van der Waals surface area contributed by atoms with Crippen LogP contribution < -0.4 is 4.90 Å². The number of fused-ring (bicyclic) bond motifs is 6. The van der Waals surface area contributed by atoms with Crippen molar-refractivity contribution in [2.75, 3.05) is 4.90 Å². The lowest BCUT2D eigenvalue weighted by molar-refractivity contribution is 0.669. The van der Waals surface area contributed by atoms with Gasteiger partial charge >= 0.3 is 0 Å². The lowest BCUT2D eigenvalue weighted by Gasteiger charge is -2.37. The summed E-state index contributed by atoms with van der Waals surface area (Å²) in [6.45, 7) is 0. The van der Waals surface area contributed by atoms with Crippen LogP contribution in [0.5, 0.6) is 0 Å². The van der Waals surface area contributed by atoms with E-state index in [1.54, 1.807) is 0 Å². The van der Waals surface area contributed by atoms with Gasteiger partial charge in [-0.3, -0.25) is 0 Å². The molecule has 0 radical (unpaired) electrons. The van der Waals surface area contributed by atoms with Crippen LogP contribution in [0.25, 0.3) is 49.4 Å². The molecule has 0 amide bonds. The zero-order valence-corrected chi connectivity index (χ0v) is 31.7. The summed E-state index contributed by atoms with van der Waals surface area (Å²) < 4.78 is 8.70. The summed E-state index contributed by atoms with van der Waals surface area (Å²) in [5.74, 6) is 0. The van der Waals surface area contributed by atoms with E-state index in [0.29, 0.717) is 0 Å². The van der Waals surface area contributed by atoms with Crippen LogP contribution in [-0.2, 0) is 5.41 Å². The SMILES string of the molecule is c1ccc(-n2c3ccccc3c3ccc(N(c4ccc(C(c5ccccc5)(c5ccccc5)c5ccccc5)cc4)c4ccc5oc6ccccc6c5c4)cc32)cc1. The molecule has 0 spiro atoms. The summed E-state index contributed by atoms with van der Waals surface area (Å²) in [5.41, 5.74) is 12.7. The number of aromatic nitrogens is 1. The second-order valence-electron chi connectivity index (χ2n) is 14.9. The number of nitrogens with zero attached hydrogens (tertiary/aromatic N) is 2. The van der Waals surface area contributed by atoms with E-state index < -0.39 is 5.41 Å². The van der Waals surface area contributed by atoms with Crippen LogP contribution in [0.1, 0.15) is 22.3 Å². The second-order valence-corrected chi connectivity index (χ2v) is 14.9. The van der Waals surface area contributed by atoms with Crippen molar-refractivity contribution in [1.82, 2.24) is 4.57 Å². The normalized spacial score (nSPS) is 11.8. The molecule has 0 aliphatic rings. The Morgan fingerprint density at radius 2 is 0.793 bits per heavy atom. The molecule has 0 saturated heterocycles. The standard InChI is InChI=1S/C55H38N2O/c1-5-17-39(18-6-1)55(40-19-7-2-8-20-40,41-21-9-3-10-22-41)42-29-31-44(32-30-42)56(45-34-36-54-50(37-45)49-26-14-16-28-53(49)58-54)46-33-35-48-47-25-13-15-27-51(47)57(52(48)38-46)43-23-11-4-12-24-43/h1-38H. The molecule has 3 nitrogen and oxygen atoms in total. The van der Waals surface area contributed by atoms with Gasteiger partial charge in [0.05, 0.1) is 16.4 Å². The predicted octanol–water partition coefficient (Wildman–Crippen LogP) is 14.5. The van der Waals surface area contributed by atoms with Crippen molar-refractivity contribution >= 4 is 60.8 Å². The third-order valence-electron chi connectivity index (χ3n) is 11.7. The minimum Gasteiger partial charge on any atom is -0.456 e. The third kappa shape index (κ3) is 5.36. The highest BCUT2D eigenvalue weighted by atomic mass is 16.3. The first kappa shape index (κ1) is 33.7. The summed E-state index contributed by atoms with van der Waals surface area (Å²) in [6.07, 6.45) is 0. The van der Waals surface area contributed by atoms with Crippen molar-refractivity contribution < 1.29 is 4.42 Å². The fraction of sp³-hybridized carbons (Fsp3) is 0.0182. The second kappa shape index (κ2) is 13.8. The molecule has 0 bridgehead atoms. The molecule has 0 unspecified atom stereocenters. The van der Waals surface area contributed by atoms with Gasteiger partial charge in [-0.2, -0.15) is 0 Å². The molecule has 0 fully saturated rings. The molecule has 0 N–H and O–H groups in total. The Bertz CT molecular complexity index is 3110. The Hall–Kier alpha value is -7.62. The molecular formula is C55H38N2O. The summed E-state index contributed by atoms with van der Waals surface area (Å²) in [5, 5.41) is 4.64. The van der Waals surface area contributed by atoms with Gasteiger partial charge in [0.1, 0.15) is 11.2 Å². The molecule has 0 atom stereocenters. The predicted molar refractivity (Wildman–Crippen MR) is 241 cm³/mol. The molecule has 58 heavy (non-hydrogen) atoms. The molecule has 11 rings (SSSR count). The van der Waals surface area contributed by atoms with Crippen LogP contribution in [0, 0.1) is 0 Å². The van der Waals surface area contributed by atoms with Gasteiger partial charge in [-0.05, 0) is 89.0 Å². The Labute approximate surface area is 337 Å². The largest absolute Gasteiger partial charge is 0.456 e. The highest BCUT2D eigenvalue weighted by molar-refractivity contribution is 6.11. The fourth-order valence-electron chi connectivity index (χ4n) is 9.18. The molecule has 0 saturated carbocycles. The van der Waals surface area contributed by atoms with E-state index in [-0.39, 0.29) is 0 Å². The minimum absolute atomic E-state index is 0.544. The van der Waals surface area contributed by atoms with Gasteiger partial charge < -0.3 is 13.9 Å². The average Bonchev–Trinajstić information content (AvgIpc) is 3.84. The van der Waals surface area contributed by atoms with Crippen LogP contribution in [0.4, 0.5) is 17.1 Å². The molecule has 9 aromatic carbocycles. The highest BCUT2D eigenvalue weighted by Crippen LogP contribution is 2.47. The molecule has 2 heterocycles. The quantitative estimate of drug-likeness (QED) is 0.145. The van der Waals surface area contributed by atoms with Crippen molar-refractivity contribution in [2.45, 2.75) is 5.41 Å². The lowest BCUT2D eigenvalue weighted by atomic mass is 9.65. The van der Waals surface area contributed by atoms with Gasteiger partial charge in [-0.15, -0.1) is 0 Å². The number of para-hydroxylation sites is 3. The van der Waals surface area contributed by atoms with Crippen molar-refractivity contribution in [2.24, 2.45) is 0 Å². The van der Waals surface area contributed by atoms with Crippen LogP contribution in [0.2, 0.25) is 0 Å². The number of hydrogen-bond donors (Lipinski definition) is 0. The van der Waals surface area contributed by atoms with Crippen LogP contribution in [0.15, 0.2) is 235 Å². The smallest absolute Gasteiger partial charge is 0.135 e. The summed E-state index contributed by atoms with van der Waals surface area (Å²) in [6, 6.07) is 83.0. The van der Waals surface area contributed by atoms with E-state index in [1.165, 1.54) is 38.5 Å². The van der Waals surface area contributed by atoms with Gasteiger partial charge in [-0.1, -0.05) is 164 Å². The molecule has 0 aliphatic carbocycles. The fourth-order valence-corrected chi connectivity index (χ4v) is 9.18. The van der Waals surface area contributed by atoms with Gasteiger partial charge in [0.25, 0.3) is 0 Å². The maximum absolute atomic E-state index is 6.31. The highest BCUT2D eigenvalue weighted by Gasteiger charge is 2.38. The van der Waals surface area contributed by atoms with Crippen LogP contribution in [-0.4, -0.2) is 4.57 Å². The molecule has 0 aliphatic heterocycles. The summed E-state index contributed by atoms with van der Waals surface area (Å²) in [4.78, 5) is 2.38. The van der Waals surface area contributed by atoms with Crippen LogP contribution in [0.3, 0.4) is 0 Å². The van der Waals surface area contributed by atoms with Crippen molar-refractivity contribution in [1.29, 1.82) is 0 Å². The zero-order chi connectivity index (χ0) is 38.5. The monoisotopic (exact) mass is 742 g/mol. The Balaban J connectivity index is 1.15. The van der Waals surface area contributed by atoms with Crippen molar-refractivity contribution in [3.05, 3.63) is 253 Å². The zero-order valence-electron chi connectivity index (χ0n) is 31.7. The number of hydrogen-bond acceptors (Lipinski definition) is 2. The molecular weight excluding hydrogens is 705 g/mol. The number of anilines is 3. The van der Waals surface area contributed by atoms with Crippen molar-refractivity contribution in [3.63, 3.8) is 0 Å². The third-order valence-corrected chi connectivity index (χ3v) is 11.7. The molecule has 274 valence electrons. The maximum Gasteiger partial charge on any atom is 0.135 e. The first-order chi connectivity index (χ1) is 28.8. The topological polar surface area (TPSA) is 21.3 Å². The minimum atomic E-state index is -0.544. The van der Waals surface area contributed by atoms with E-state index >= 15 is 0 Å². The van der Waals surface area contributed by atoms with Gasteiger partial charge in [-0.25, -0.2) is 0 Å². The van der Waals surface area contributed by atoms with E-state index in [2.05, 4.69) is 228 Å². The average molecular weight is 743 g/mol. The van der Waals surface area contributed by atoms with Crippen molar-refractivity contribution in [3.8, 4) is 5.69 Å². The number of rotatable bonds is 8. The molecule has 11 aromatic rings. The Morgan fingerprint density at radius 1 is 0.328 bits per heavy atom. The first-order valence-corrected chi connectivity index (χ1v) is 19.8. The Kier molecular flexibility index (Phi) is 8.04. The number of benzene rings is 9. The Morgan fingerprint density at radius 3 is 1.45 bits per heavy atom. The molecule has 3 heteroatoms. The van der Waals surface area contributed by atoms with E-state index in [1.807, 2.05) is 12.1 Å². The van der Waals surface area contributed by atoms with Crippen LogP contribution >= 0.6 is 0 Å².